The minimum Gasteiger partial charge on any atom is -0.464 e. The summed E-state index contributed by atoms with van der Waals surface area (Å²) in [5, 5.41) is 0. The summed E-state index contributed by atoms with van der Waals surface area (Å²) in [6, 6.07) is 0. The van der Waals surface area contributed by atoms with Crippen LogP contribution in [-0.2, 0) is 28.6 Å². The van der Waals surface area contributed by atoms with Gasteiger partial charge in [-0.2, -0.15) is 0 Å². The monoisotopic (exact) mass is 551 g/mol. The Kier molecular flexibility index (Phi) is 18.6. The van der Waals surface area contributed by atoms with Crippen molar-refractivity contribution in [3.8, 4) is 0 Å². The molecule has 0 rings (SSSR count). The lowest BCUT2D eigenvalue weighted by Crippen LogP contribution is -2.38. The molecule has 12 heteroatoms. The molecular weight excluding hydrogens is 506 g/mol. The highest BCUT2D eigenvalue weighted by atomic mass is 33.1. The molecule has 0 aromatic rings. The SMILES string of the molecule is CCCOCCC(=O)N(C)CCN(C)C(=O)CCC(C)(C)SSCCOC(=O)N(C)CCOC(C)=O. The van der Waals surface area contributed by atoms with E-state index in [1.54, 1.807) is 52.5 Å². The van der Waals surface area contributed by atoms with Crippen LogP contribution in [0.4, 0.5) is 4.79 Å². The van der Waals surface area contributed by atoms with Gasteiger partial charge in [-0.1, -0.05) is 28.5 Å². The van der Waals surface area contributed by atoms with Crippen LogP contribution >= 0.6 is 21.6 Å². The molecule has 10 nitrogen and oxygen atoms in total. The molecule has 0 atom stereocenters. The van der Waals surface area contributed by atoms with Crippen LogP contribution in [0.3, 0.4) is 0 Å². The number of rotatable bonds is 19. The van der Waals surface area contributed by atoms with Gasteiger partial charge < -0.3 is 28.9 Å². The summed E-state index contributed by atoms with van der Waals surface area (Å²) in [6.45, 7) is 10.2. The van der Waals surface area contributed by atoms with Crippen LogP contribution in [0.2, 0.25) is 0 Å². The molecule has 0 heterocycles. The molecule has 0 radical (unpaired) electrons. The number of ether oxygens (including phenoxy) is 3. The summed E-state index contributed by atoms with van der Waals surface area (Å²) in [5.74, 6) is 0.298. The smallest absolute Gasteiger partial charge is 0.409 e. The molecule has 0 aliphatic carbocycles. The predicted molar refractivity (Wildman–Crippen MR) is 145 cm³/mol. The Morgan fingerprint density at radius 3 is 1.97 bits per heavy atom. The maximum Gasteiger partial charge on any atom is 0.409 e. The number of esters is 1. The summed E-state index contributed by atoms with van der Waals surface area (Å²) in [7, 11) is 8.35. The topological polar surface area (TPSA) is 106 Å². The van der Waals surface area contributed by atoms with Crippen molar-refractivity contribution in [3.05, 3.63) is 0 Å². The first-order valence-corrected chi connectivity index (χ1v) is 14.6. The van der Waals surface area contributed by atoms with Gasteiger partial charge in [0.05, 0.1) is 19.6 Å². The average molecular weight is 552 g/mol. The number of hydrogen-bond acceptors (Lipinski definition) is 9. The summed E-state index contributed by atoms with van der Waals surface area (Å²) < 4.78 is 15.3. The molecule has 210 valence electrons. The largest absolute Gasteiger partial charge is 0.464 e. The minimum atomic E-state index is -0.460. The van der Waals surface area contributed by atoms with Crippen molar-refractivity contribution < 1.29 is 33.4 Å². The third kappa shape index (κ3) is 17.7. The average Bonchev–Trinajstić information content (AvgIpc) is 2.82. The zero-order valence-electron chi connectivity index (χ0n) is 23.0. The maximum absolute atomic E-state index is 12.5. The van der Waals surface area contributed by atoms with Crippen LogP contribution in [0, 0.1) is 0 Å². The summed E-state index contributed by atoms with van der Waals surface area (Å²) in [6.07, 6.45) is 1.94. The van der Waals surface area contributed by atoms with E-state index >= 15 is 0 Å². The Morgan fingerprint density at radius 1 is 0.778 bits per heavy atom. The number of nitrogens with zero attached hydrogens (tertiary/aromatic N) is 3. The van der Waals surface area contributed by atoms with E-state index in [2.05, 4.69) is 13.8 Å². The highest BCUT2D eigenvalue weighted by molar-refractivity contribution is 8.77. The van der Waals surface area contributed by atoms with E-state index < -0.39 is 6.09 Å². The normalized spacial score (nSPS) is 11.1. The third-order valence-electron chi connectivity index (χ3n) is 5.09. The van der Waals surface area contributed by atoms with Crippen molar-refractivity contribution in [1.29, 1.82) is 0 Å². The fourth-order valence-electron chi connectivity index (χ4n) is 2.68. The fraction of sp³-hybridized carbons (Fsp3) is 0.833. The maximum atomic E-state index is 12.5. The highest BCUT2D eigenvalue weighted by Crippen LogP contribution is 2.38. The van der Waals surface area contributed by atoms with Crippen LogP contribution in [-0.4, -0.2) is 116 Å². The molecule has 0 aromatic carbocycles. The molecule has 0 saturated carbocycles. The molecule has 0 unspecified atom stereocenters. The van der Waals surface area contributed by atoms with Gasteiger partial charge in [-0.05, 0) is 26.7 Å². The zero-order chi connectivity index (χ0) is 27.6. The second kappa shape index (κ2) is 19.5. The zero-order valence-corrected chi connectivity index (χ0v) is 24.6. The molecule has 0 aromatic heterocycles. The fourth-order valence-corrected chi connectivity index (χ4v) is 5.08. The van der Waals surface area contributed by atoms with Crippen LogP contribution < -0.4 is 0 Å². The standard InChI is InChI=1S/C24H45N3O7S2/c1-8-15-32-16-10-22(30)26(6)13-12-25(5)21(29)9-11-24(3,4)36-35-19-18-34-23(31)27(7)14-17-33-20(2)28/h8-19H2,1-7H3. The van der Waals surface area contributed by atoms with Gasteiger partial charge in [-0.3, -0.25) is 14.4 Å². The molecule has 3 amide bonds. The van der Waals surface area contributed by atoms with E-state index in [1.807, 2.05) is 6.92 Å². The third-order valence-corrected chi connectivity index (χ3v) is 8.41. The van der Waals surface area contributed by atoms with Crippen molar-refractivity contribution in [2.75, 3.05) is 73.0 Å². The Labute approximate surface area is 224 Å². The van der Waals surface area contributed by atoms with Gasteiger partial charge in [0.1, 0.15) is 13.2 Å². The van der Waals surface area contributed by atoms with Gasteiger partial charge in [0, 0.05) is 64.7 Å². The first-order valence-electron chi connectivity index (χ1n) is 12.3. The van der Waals surface area contributed by atoms with Gasteiger partial charge in [-0.15, -0.1) is 0 Å². The summed E-state index contributed by atoms with van der Waals surface area (Å²) in [5.41, 5.74) is 0. The number of carbonyl (C=O) groups excluding carboxylic acids is 4. The quantitative estimate of drug-likeness (QED) is 0.136. The molecular formula is C24H45N3O7S2. The Morgan fingerprint density at radius 2 is 1.39 bits per heavy atom. The Balaban J connectivity index is 4.07. The van der Waals surface area contributed by atoms with Gasteiger partial charge in [0.15, 0.2) is 0 Å². The lowest BCUT2D eigenvalue weighted by Gasteiger charge is -2.26. The van der Waals surface area contributed by atoms with E-state index in [4.69, 9.17) is 14.2 Å². The van der Waals surface area contributed by atoms with E-state index in [1.165, 1.54) is 11.8 Å². The van der Waals surface area contributed by atoms with Gasteiger partial charge >= 0.3 is 12.1 Å². The molecule has 0 saturated heterocycles. The molecule has 0 aliphatic rings. The van der Waals surface area contributed by atoms with Crippen LogP contribution in [0.5, 0.6) is 0 Å². The lowest BCUT2D eigenvalue weighted by atomic mass is 10.1. The molecule has 0 spiro atoms. The highest BCUT2D eigenvalue weighted by Gasteiger charge is 2.22. The second-order valence-electron chi connectivity index (χ2n) is 9.03. The van der Waals surface area contributed by atoms with Crippen LogP contribution in [0.25, 0.3) is 0 Å². The number of carbonyl (C=O) groups is 4. The van der Waals surface area contributed by atoms with Gasteiger partial charge in [0.2, 0.25) is 11.8 Å². The Hall–Kier alpha value is -1.66. The molecule has 0 N–H and O–H groups in total. The predicted octanol–water partition coefficient (Wildman–Crippen LogP) is 3.29. The molecule has 0 bridgehead atoms. The number of likely N-dealkylation sites (N-methyl/N-ethyl adjacent to an activating group) is 3. The first-order chi connectivity index (χ1) is 16.9. The van der Waals surface area contributed by atoms with Gasteiger partial charge in [-0.25, -0.2) is 4.79 Å². The summed E-state index contributed by atoms with van der Waals surface area (Å²) in [4.78, 5) is 52.0. The van der Waals surface area contributed by atoms with Crippen molar-refractivity contribution in [2.45, 2.75) is 58.1 Å². The second-order valence-corrected chi connectivity index (χ2v) is 12.2. The minimum absolute atomic E-state index is 0.0147. The Bertz CT molecular complexity index is 680. The molecule has 36 heavy (non-hydrogen) atoms. The summed E-state index contributed by atoms with van der Waals surface area (Å²) >= 11 is 0. The van der Waals surface area contributed by atoms with Crippen LogP contribution in [0.1, 0.15) is 53.4 Å². The van der Waals surface area contributed by atoms with E-state index in [0.717, 1.165) is 6.42 Å². The van der Waals surface area contributed by atoms with Gasteiger partial charge in [0.25, 0.3) is 0 Å². The first kappa shape index (κ1) is 34.3. The van der Waals surface area contributed by atoms with Crippen molar-refractivity contribution in [2.24, 2.45) is 0 Å². The van der Waals surface area contributed by atoms with Crippen molar-refractivity contribution in [1.82, 2.24) is 14.7 Å². The lowest BCUT2D eigenvalue weighted by molar-refractivity contribution is -0.141. The van der Waals surface area contributed by atoms with E-state index in [0.29, 0.717) is 51.3 Å². The number of amides is 3. The van der Waals surface area contributed by atoms with E-state index in [9.17, 15) is 19.2 Å². The van der Waals surface area contributed by atoms with Crippen LogP contribution in [0.15, 0.2) is 0 Å². The van der Waals surface area contributed by atoms with E-state index in [-0.39, 0.29) is 42.3 Å². The molecule has 0 aliphatic heterocycles. The molecule has 0 fully saturated rings. The van der Waals surface area contributed by atoms with Crippen molar-refractivity contribution >= 4 is 45.5 Å². The number of hydrogen-bond donors (Lipinski definition) is 0. The van der Waals surface area contributed by atoms with Crippen molar-refractivity contribution in [3.63, 3.8) is 0 Å².